The van der Waals surface area contributed by atoms with E-state index in [-0.39, 0.29) is 0 Å². The topological polar surface area (TPSA) is 17.1 Å². The fourth-order valence-corrected chi connectivity index (χ4v) is 3.09. The number of rotatable bonds is 3. The van der Waals surface area contributed by atoms with Crippen LogP contribution in [0.15, 0.2) is 28.4 Å². The molecule has 0 saturated carbocycles. The van der Waals surface area contributed by atoms with Gasteiger partial charge >= 0.3 is 95.0 Å². The molecule has 0 amide bonds. The molecule has 0 N–H and O–H groups in total. The summed E-state index contributed by atoms with van der Waals surface area (Å²) in [5.41, 5.74) is 0. The third kappa shape index (κ3) is 4.19. The molecular formula is C9H5ClF2OTe. The Morgan fingerprint density at radius 1 is 1.29 bits per heavy atom. The summed E-state index contributed by atoms with van der Waals surface area (Å²) in [6, 6.07) is 3.33. The van der Waals surface area contributed by atoms with E-state index in [1.54, 1.807) is 4.12 Å². The van der Waals surface area contributed by atoms with Crippen molar-refractivity contribution in [2.75, 3.05) is 0 Å². The van der Waals surface area contributed by atoms with Gasteiger partial charge in [-0.05, 0) is 0 Å². The molecule has 0 aliphatic carbocycles. The van der Waals surface area contributed by atoms with Crippen LogP contribution in [0.5, 0.6) is 0 Å². The first-order chi connectivity index (χ1) is 6.58. The van der Waals surface area contributed by atoms with Crippen LogP contribution in [0.1, 0.15) is 0 Å². The molecule has 1 rings (SSSR count). The maximum absolute atomic E-state index is 12.7. The maximum atomic E-state index is 12.7. The average molecular weight is 330 g/mol. The monoisotopic (exact) mass is 332 g/mol. The molecule has 0 saturated heterocycles. The number of hydrogen-bond acceptors (Lipinski definition) is 1. The molecule has 0 unspecified atom stereocenters. The Kier molecular flexibility index (Phi) is 4.53. The summed E-state index contributed by atoms with van der Waals surface area (Å²) < 4.78 is 27.5. The third-order valence-corrected chi connectivity index (χ3v) is 3.59. The zero-order chi connectivity index (χ0) is 10.6. The van der Waals surface area contributed by atoms with Gasteiger partial charge < -0.3 is 0 Å². The van der Waals surface area contributed by atoms with Gasteiger partial charge in [-0.1, -0.05) is 0 Å². The Balaban J connectivity index is 2.72. The Bertz CT molecular complexity index is 359. The van der Waals surface area contributed by atoms with Crippen molar-refractivity contribution in [3.63, 3.8) is 0 Å². The number of allylic oxidation sites excluding steroid dienone is 1. The van der Waals surface area contributed by atoms with E-state index in [0.717, 1.165) is 6.07 Å². The Labute approximate surface area is 94.8 Å². The molecule has 5 heteroatoms. The second kappa shape index (κ2) is 5.45. The van der Waals surface area contributed by atoms with Gasteiger partial charge in [-0.15, -0.1) is 0 Å². The van der Waals surface area contributed by atoms with E-state index in [9.17, 15) is 13.6 Å². The van der Waals surface area contributed by atoms with Crippen molar-refractivity contribution in [2.45, 2.75) is 0 Å². The van der Waals surface area contributed by atoms with Crippen LogP contribution >= 0.6 is 11.6 Å². The van der Waals surface area contributed by atoms with Gasteiger partial charge in [0.25, 0.3) is 0 Å². The van der Waals surface area contributed by atoms with Crippen molar-refractivity contribution >= 4 is 41.4 Å². The third-order valence-electron chi connectivity index (χ3n) is 1.24. The van der Waals surface area contributed by atoms with E-state index < -0.39 is 37.8 Å². The molecule has 1 aromatic rings. The summed E-state index contributed by atoms with van der Waals surface area (Å²) in [4.78, 5) is 10.3. The molecule has 0 radical (unpaired) electrons. The molecular weight excluding hydrogens is 325 g/mol. The first-order valence-electron chi connectivity index (χ1n) is 3.56. The minimum atomic E-state index is -0.884. The summed E-state index contributed by atoms with van der Waals surface area (Å²) >= 11 is 4.17. The molecule has 14 heavy (non-hydrogen) atoms. The molecule has 0 fully saturated rings. The number of carbonyl (C=O) groups excluding carboxylic acids is 1. The molecule has 1 nitrogen and oxygen atoms in total. The van der Waals surface area contributed by atoms with Crippen LogP contribution in [-0.4, -0.2) is 26.2 Å². The van der Waals surface area contributed by atoms with Crippen molar-refractivity contribution in [1.82, 2.24) is 0 Å². The summed E-state index contributed by atoms with van der Waals surface area (Å²) in [5, 5.41) is -0.577. The number of hydrogen-bond donors (Lipinski definition) is 0. The van der Waals surface area contributed by atoms with Crippen LogP contribution in [0.3, 0.4) is 0 Å². The second-order valence-electron chi connectivity index (χ2n) is 2.33. The molecule has 0 heterocycles. The predicted octanol–water partition coefficient (Wildman–Crippen LogP) is 1.57. The van der Waals surface area contributed by atoms with Crippen molar-refractivity contribution in [1.29, 1.82) is 0 Å². The van der Waals surface area contributed by atoms with Crippen LogP contribution in [0, 0.1) is 11.6 Å². The van der Waals surface area contributed by atoms with E-state index in [4.69, 9.17) is 11.6 Å². The van der Waals surface area contributed by atoms with Gasteiger partial charge in [0.1, 0.15) is 0 Å². The first-order valence-corrected chi connectivity index (χ1v) is 6.45. The zero-order valence-electron chi connectivity index (χ0n) is 6.84. The van der Waals surface area contributed by atoms with Gasteiger partial charge in [-0.3, -0.25) is 0 Å². The van der Waals surface area contributed by atoms with Crippen molar-refractivity contribution in [3.8, 4) is 0 Å². The molecule has 0 atom stereocenters. The fourth-order valence-electron chi connectivity index (χ4n) is 0.763. The van der Waals surface area contributed by atoms with Crippen LogP contribution in [0.25, 0.3) is 0 Å². The van der Waals surface area contributed by atoms with Gasteiger partial charge in [0, 0.05) is 0 Å². The van der Waals surface area contributed by atoms with E-state index in [0.29, 0.717) is 3.61 Å². The summed E-state index contributed by atoms with van der Waals surface area (Å²) in [6.45, 7) is 0. The van der Waals surface area contributed by atoms with E-state index in [1.807, 2.05) is 0 Å². The zero-order valence-corrected chi connectivity index (χ0v) is 9.92. The normalized spacial score (nSPS) is 10.8. The van der Waals surface area contributed by atoms with Crippen molar-refractivity contribution < 1.29 is 13.6 Å². The number of halogens is 3. The second-order valence-corrected chi connectivity index (χ2v) is 5.50. The molecule has 0 bridgehead atoms. The van der Waals surface area contributed by atoms with Crippen LogP contribution < -0.4 is 3.61 Å². The molecule has 0 aliphatic heterocycles. The van der Waals surface area contributed by atoms with E-state index in [2.05, 4.69) is 0 Å². The predicted molar refractivity (Wildman–Crippen MR) is 51.7 cm³/mol. The Hall–Kier alpha value is -0.430. The van der Waals surface area contributed by atoms with Gasteiger partial charge in [0.05, 0.1) is 0 Å². The van der Waals surface area contributed by atoms with Crippen LogP contribution in [-0.2, 0) is 4.79 Å². The molecule has 74 valence electrons. The molecule has 1 aromatic carbocycles. The van der Waals surface area contributed by atoms with Gasteiger partial charge in [0.2, 0.25) is 0 Å². The van der Waals surface area contributed by atoms with Gasteiger partial charge in [-0.2, -0.15) is 0 Å². The van der Waals surface area contributed by atoms with Gasteiger partial charge in [0.15, 0.2) is 0 Å². The van der Waals surface area contributed by atoms with E-state index >= 15 is 0 Å². The fraction of sp³-hybridized carbons (Fsp3) is 0. The Morgan fingerprint density at radius 3 is 2.36 bits per heavy atom. The van der Waals surface area contributed by atoms with Crippen molar-refractivity contribution in [3.05, 3.63) is 40.0 Å². The summed E-state index contributed by atoms with van der Waals surface area (Å²) in [5.74, 6) is -1.20. The summed E-state index contributed by atoms with van der Waals surface area (Å²) in [6.07, 6.45) is 1.20. The van der Waals surface area contributed by atoms with Crippen molar-refractivity contribution in [2.24, 2.45) is 0 Å². The standard InChI is InChI=1S/C9H5ClF2OTe/c10-9(13)1-2-14-8-4-6(11)3-7(12)5-8/h1-5H/b2-1-. The van der Waals surface area contributed by atoms with Crippen LogP contribution in [0.2, 0.25) is 0 Å². The SMILES string of the molecule is O=C(Cl)/C=C\[Te]c1cc(F)cc(F)c1. The number of benzene rings is 1. The first kappa shape index (κ1) is 11.6. The summed E-state index contributed by atoms with van der Waals surface area (Å²) in [7, 11) is 0. The molecule has 0 spiro atoms. The molecule has 0 aromatic heterocycles. The van der Waals surface area contributed by atoms with E-state index in [1.165, 1.54) is 18.2 Å². The number of carbonyl (C=O) groups is 1. The van der Waals surface area contributed by atoms with Crippen LogP contribution in [0.4, 0.5) is 8.78 Å². The van der Waals surface area contributed by atoms with Gasteiger partial charge in [-0.25, -0.2) is 0 Å². The average Bonchev–Trinajstić information content (AvgIpc) is 2.01. The minimum absolute atomic E-state index is 0.577. The Morgan fingerprint density at radius 2 is 1.86 bits per heavy atom. The molecule has 0 aliphatic rings. The quantitative estimate of drug-likeness (QED) is 0.467.